The van der Waals surface area contributed by atoms with Crippen molar-refractivity contribution >= 4 is 34.5 Å². The summed E-state index contributed by atoms with van der Waals surface area (Å²) in [6.45, 7) is 5.27. The molecular formula is C18H17ClN4O3. The maximum absolute atomic E-state index is 11.8. The van der Waals surface area contributed by atoms with E-state index in [4.69, 9.17) is 20.9 Å². The van der Waals surface area contributed by atoms with Gasteiger partial charge in [0.15, 0.2) is 11.9 Å². The van der Waals surface area contributed by atoms with Gasteiger partial charge in [0.25, 0.3) is 0 Å². The van der Waals surface area contributed by atoms with Crippen LogP contribution in [0.4, 0.5) is 5.69 Å². The third-order valence-electron chi connectivity index (χ3n) is 4.38. The molecule has 0 aliphatic carbocycles. The predicted molar refractivity (Wildman–Crippen MR) is 97.7 cm³/mol. The molecule has 3 aromatic rings. The molecule has 0 N–H and O–H groups in total. The number of benzene rings is 1. The molecule has 134 valence electrons. The number of carbonyl (C=O) groups is 1. The molecule has 2 unspecified atom stereocenters. The highest BCUT2D eigenvalue weighted by molar-refractivity contribution is 6.38. The van der Waals surface area contributed by atoms with Crippen molar-refractivity contribution in [1.29, 1.82) is 0 Å². The maximum Gasteiger partial charge on any atom is 0.188 e. The van der Waals surface area contributed by atoms with Crippen LogP contribution in [0.25, 0.3) is 22.4 Å². The van der Waals surface area contributed by atoms with Gasteiger partial charge < -0.3 is 14.2 Å². The van der Waals surface area contributed by atoms with Gasteiger partial charge in [-0.3, -0.25) is 14.8 Å². The second kappa shape index (κ2) is 6.66. The molecule has 26 heavy (non-hydrogen) atoms. The number of aldehydes is 1. The lowest BCUT2D eigenvalue weighted by atomic mass is 10.1. The van der Waals surface area contributed by atoms with Crippen LogP contribution in [0.1, 0.15) is 24.2 Å². The van der Waals surface area contributed by atoms with E-state index < -0.39 is 0 Å². The number of nitrogens with zero attached hydrogens (tertiary/aromatic N) is 4. The summed E-state index contributed by atoms with van der Waals surface area (Å²) in [7, 11) is 0. The summed E-state index contributed by atoms with van der Waals surface area (Å²) in [4.78, 5) is 22.2. The Kier molecular flexibility index (Phi) is 4.34. The fourth-order valence-electron chi connectivity index (χ4n) is 3.43. The van der Waals surface area contributed by atoms with Crippen LogP contribution in [0.2, 0.25) is 5.02 Å². The molecule has 0 amide bonds. The van der Waals surface area contributed by atoms with Crippen LogP contribution in [0.5, 0.6) is 0 Å². The molecule has 0 spiro atoms. The average Bonchev–Trinajstić information content (AvgIpc) is 3.05. The van der Waals surface area contributed by atoms with Gasteiger partial charge in [-0.1, -0.05) is 16.8 Å². The van der Waals surface area contributed by atoms with E-state index in [1.54, 1.807) is 24.7 Å². The van der Waals surface area contributed by atoms with Gasteiger partial charge in [-0.2, -0.15) is 0 Å². The van der Waals surface area contributed by atoms with Crippen molar-refractivity contribution in [3.63, 3.8) is 0 Å². The first kappa shape index (κ1) is 16.9. The summed E-state index contributed by atoms with van der Waals surface area (Å²) in [5.74, 6) is 0. The van der Waals surface area contributed by atoms with E-state index in [0.29, 0.717) is 51.7 Å². The van der Waals surface area contributed by atoms with Gasteiger partial charge in [-0.15, -0.1) is 0 Å². The van der Waals surface area contributed by atoms with E-state index in [-0.39, 0.29) is 12.2 Å². The molecule has 1 saturated heterocycles. The SMILES string of the molecule is CC1CN(c2c(C=O)cc3c(-c4cnccn4)noc3c2Cl)CC(C)O1. The molecular weight excluding hydrogens is 356 g/mol. The Morgan fingerprint density at radius 3 is 2.69 bits per heavy atom. The predicted octanol–water partition coefficient (Wildman–Crippen LogP) is 3.36. The van der Waals surface area contributed by atoms with Crippen molar-refractivity contribution < 1.29 is 14.1 Å². The number of halogens is 1. The Hall–Kier alpha value is -2.51. The number of anilines is 1. The van der Waals surface area contributed by atoms with E-state index in [1.807, 2.05) is 13.8 Å². The Morgan fingerprint density at radius 1 is 1.27 bits per heavy atom. The van der Waals surface area contributed by atoms with Crippen LogP contribution in [0, 0.1) is 0 Å². The molecule has 1 aliphatic heterocycles. The highest BCUT2D eigenvalue weighted by Gasteiger charge is 2.28. The molecule has 8 heteroatoms. The lowest BCUT2D eigenvalue weighted by Gasteiger charge is -2.37. The van der Waals surface area contributed by atoms with Gasteiger partial charge in [0.1, 0.15) is 16.4 Å². The second-order valence-corrected chi connectivity index (χ2v) is 6.79. The molecule has 2 atom stereocenters. The lowest BCUT2D eigenvalue weighted by Crippen LogP contribution is -2.46. The monoisotopic (exact) mass is 372 g/mol. The number of hydrogen-bond acceptors (Lipinski definition) is 7. The molecule has 3 heterocycles. The summed E-state index contributed by atoms with van der Waals surface area (Å²) < 4.78 is 11.3. The Bertz CT molecular complexity index is 950. The zero-order valence-corrected chi connectivity index (χ0v) is 15.1. The van der Waals surface area contributed by atoms with Gasteiger partial charge in [-0.25, -0.2) is 0 Å². The first-order valence-electron chi connectivity index (χ1n) is 8.32. The van der Waals surface area contributed by atoms with Crippen LogP contribution in [-0.2, 0) is 4.74 Å². The summed E-state index contributed by atoms with van der Waals surface area (Å²) in [6.07, 6.45) is 5.62. The molecule has 0 radical (unpaired) electrons. The van der Waals surface area contributed by atoms with E-state index in [9.17, 15) is 4.79 Å². The Labute approximate surface area is 154 Å². The zero-order chi connectivity index (χ0) is 18.3. The van der Waals surface area contributed by atoms with Crippen LogP contribution < -0.4 is 4.90 Å². The van der Waals surface area contributed by atoms with Gasteiger partial charge in [-0.05, 0) is 19.9 Å². The van der Waals surface area contributed by atoms with Crippen molar-refractivity contribution in [3.8, 4) is 11.4 Å². The lowest BCUT2D eigenvalue weighted by molar-refractivity contribution is -0.00524. The number of carbonyl (C=O) groups excluding carboxylic acids is 1. The van der Waals surface area contributed by atoms with Crippen LogP contribution in [0.3, 0.4) is 0 Å². The Balaban J connectivity index is 1.88. The maximum atomic E-state index is 11.8. The standard InChI is InChI=1S/C18H17ClN4O3/c1-10-7-23(8-11(2)25-10)17-12(9-24)5-13-16(14-6-20-3-4-21-14)22-26-18(13)15(17)19/h3-6,9-11H,7-8H2,1-2H3. The van der Waals surface area contributed by atoms with E-state index in [2.05, 4.69) is 20.0 Å². The van der Waals surface area contributed by atoms with Gasteiger partial charge in [0.2, 0.25) is 0 Å². The molecule has 1 fully saturated rings. The first-order valence-corrected chi connectivity index (χ1v) is 8.70. The van der Waals surface area contributed by atoms with Crippen molar-refractivity contribution in [1.82, 2.24) is 15.1 Å². The molecule has 1 aliphatic rings. The van der Waals surface area contributed by atoms with E-state index in [0.717, 1.165) is 6.29 Å². The Morgan fingerprint density at radius 2 is 2.04 bits per heavy atom. The quantitative estimate of drug-likeness (QED) is 0.652. The summed E-state index contributed by atoms with van der Waals surface area (Å²) in [5.41, 5.74) is 2.63. The molecule has 1 aromatic carbocycles. The van der Waals surface area contributed by atoms with E-state index >= 15 is 0 Å². The number of hydrogen-bond donors (Lipinski definition) is 0. The largest absolute Gasteiger partial charge is 0.372 e. The topological polar surface area (TPSA) is 81.4 Å². The van der Waals surface area contributed by atoms with Gasteiger partial charge >= 0.3 is 0 Å². The van der Waals surface area contributed by atoms with Crippen molar-refractivity contribution in [3.05, 3.63) is 35.2 Å². The summed E-state index contributed by atoms with van der Waals surface area (Å²) in [6, 6.07) is 1.74. The van der Waals surface area contributed by atoms with Crippen molar-refractivity contribution in [2.75, 3.05) is 18.0 Å². The normalized spacial score (nSPS) is 20.5. The van der Waals surface area contributed by atoms with E-state index in [1.165, 1.54) is 0 Å². The number of ether oxygens (including phenoxy) is 1. The minimum absolute atomic E-state index is 0.0369. The third-order valence-corrected chi connectivity index (χ3v) is 4.73. The fourth-order valence-corrected chi connectivity index (χ4v) is 3.79. The number of aromatic nitrogens is 3. The third kappa shape index (κ3) is 2.83. The first-order chi connectivity index (χ1) is 12.6. The minimum atomic E-state index is 0.0369. The highest BCUT2D eigenvalue weighted by atomic mass is 35.5. The minimum Gasteiger partial charge on any atom is -0.372 e. The number of morpholine rings is 1. The second-order valence-electron chi connectivity index (χ2n) is 6.41. The number of fused-ring (bicyclic) bond motifs is 1. The van der Waals surface area contributed by atoms with Crippen molar-refractivity contribution in [2.45, 2.75) is 26.1 Å². The van der Waals surface area contributed by atoms with Crippen molar-refractivity contribution in [2.24, 2.45) is 0 Å². The smallest absolute Gasteiger partial charge is 0.188 e. The molecule has 0 saturated carbocycles. The van der Waals surface area contributed by atoms with Gasteiger partial charge in [0.05, 0.1) is 29.5 Å². The zero-order valence-electron chi connectivity index (χ0n) is 14.3. The molecule has 4 rings (SSSR count). The average molecular weight is 373 g/mol. The molecule has 0 bridgehead atoms. The summed E-state index contributed by atoms with van der Waals surface area (Å²) in [5, 5.41) is 5.10. The summed E-state index contributed by atoms with van der Waals surface area (Å²) >= 11 is 6.64. The number of rotatable bonds is 3. The van der Waals surface area contributed by atoms with Gasteiger partial charge in [0, 0.05) is 31.0 Å². The fraction of sp³-hybridized carbons (Fsp3) is 0.333. The molecule has 2 aromatic heterocycles. The van der Waals surface area contributed by atoms with Crippen LogP contribution in [-0.4, -0.2) is 46.7 Å². The highest BCUT2D eigenvalue weighted by Crippen LogP contribution is 2.40. The molecule has 7 nitrogen and oxygen atoms in total. The van der Waals surface area contributed by atoms with Crippen LogP contribution in [0.15, 0.2) is 29.2 Å². The van der Waals surface area contributed by atoms with Crippen LogP contribution >= 0.6 is 11.6 Å².